The third kappa shape index (κ3) is 3.70. The van der Waals surface area contributed by atoms with Crippen molar-refractivity contribution >= 4 is 22.4 Å². The number of carbonyl (C=O) groups excluding carboxylic acids is 1. The molecule has 1 aromatic rings. The third-order valence-electron chi connectivity index (χ3n) is 2.93. The predicted octanol–water partition coefficient (Wildman–Crippen LogP) is 2.27. The summed E-state index contributed by atoms with van der Waals surface area (Å²) in [6.07, 6.45) is 3.42. The van der Waals surface area contributed by atoms with E-state index in [0.29, 0.717) is 6.42 Å². The second kappa shape index (κ2) is 5.26. The van der Waals surface area contributed by atoms with Crippen molar-refractivity contribution in [2.75, 3.05) is 18.0 Å². The highest BCUT2D eigenvalue weighted by atomic mass is 32.1. The van der Waals surface area contributed by atoms with Crippen LogP contribution in [-0.2, 0) is 4.79 Å². The number of thiazole rings is 1. The van der Waals surface area contributed by atoms with Gasteiger partial charge in [0.15, 0.2) is 5.13 Å². The molecule has 1 amide bonds. The molecule has 18 heavy (non-hydrogen) atoms. The number of hydrogen-bond donors (Lipinski definition) is 1. The van der Waals surface area contributed by atoms with Crippen molar-refractivity contribution in [3.8, 4) is 0 Å². The van der Waals surface area contributed by atoms with Crippen molar-refractivity contribution in [1.29, 1.82) is 0 Å². The average Bonchev–Trinajstić information content (AvgIpc) is 2.82. The number of nitrogens with one attached hydrogen (secondary N) is 1. The van der Waals surface area contributed by atoms with Crippen molar-refractivity contribution < 1.29 is 4.79 Å². The van der Waals surface area contributed by atoms with Crippen LogP contribution in [-0.4, -0.2) is 30.0 Å². The zero-order valence-electron chi connectivity index (χ0n) is 11.3. The van der Waals surface area contributed by atoms with Crippen LogP contribution in [0.3, 0.4) is 0 Å². The molecule has 0 aromatic carbocycles. The monoisotopic (exact) mass is 267 g/mol. The lowest BCUT2D eigenvalue weighted by Crippen LogP contribution is -2.38. The van der Waals surface area contributed by atoms with E-state index in [1.54, 1.807) is 11.3 Å². The number of hydrogen-bond acceptors (Lipinski definition) is 4. The second-order valence-corrected chi connectivity index (χ2v) is 6.92. The maximum atomic E-state index is 11.9. The predicted molar refractivity (Wildman–Crippen MR) is 74.9 cm³/mol. The molecule has 0 radical (unpaired) electrons. The van der Waals surface area contributed by atoms with Crippen LogP contribution in [0.15, 0.2) is 11.6 Å². The molecule has 100 valence electrons. The molecule has 0 aliphatic carbocycles. The van der Waals surface area contributed by atoms with Gasteiger partial charge in [0.25, 0.3) is 0 Å². The quantitative estimate of drug-likeness (QED) is 0.914. The lowest BCUT2D eigenvalue weighted by atomic mass is 9.92. The minimum Gasteiger partial charge on any atom is -0.352 e. The van der Waals surface area contributed by atoms with Crippen LogP contribution in [0.2, 0.25) is 0 Å². The number of nitrogens with zero attached hydrogens (tertiary/aromatic N) is 2. The topological polar surface area (TPSA) is 45.2 Å². The van der Waals surface area contributed by atoms with Crippen LogP contribution in [0.25, 0.3) is 0 Å². The fourth-order valence-corrected chi connectivity index (χ4v) is 2.86. The Morgan fingerprint density at radius 3 is 3.00 bits per heavy atom. The number of amides is 1. The van der Waals surface area contributed by atoms with Gasteiger partial charge in [-0.3, -0.25) is 4.79 Å². The number of rotatable bonds is 3. The summed E-state index contributed by atoms with van der Waals surface area (Å²) in [5, 5.41) is 6.17. The van der Waals surface area contributed by atoms with Crippen LogP contribution >= 0.6 is 11.3 Å². The molecular formula is C13H21N3OS. The van der Waals surface area contributed by atoms with Gasteiger partial charge in [0.1, 0.15) is 0 Å². The zero-order valence-corrected chi connectivity index (χ0v) is 12.1. The first-order chi connectivity index (χ1) is 8.44. The summed E-state index contributed by atoms with van der Waals surface area (Å²) < 4.78 is 0. The molecule has 1 fully saturated rings. The van der Waals surface area contributed by atoms with Crippen molar-refractivity contribution in [2.45, 2.75) is 39.7 Å². The first-order valence-corrected chi connectivity index (χ1v) is 7.26. The van der Waals surface area contributed by atoms with Crippen LogP contribution in [0.5, 0.6) is 0 Å². The molecule has 0 bridgehead atoms. The number of aromatic nitrogens is 1. The molecular weight excluding hydrogens is 246 g/mol. The molecule has 4 nitrogen and oxygen atoms in total. The van der Waals surface area contributed by atoms with Gasteiger partial charge in [-0.25, -0.2) is 4.98 Å². The maximum Gasteiger partial charge on any atom is 0.220 e. The van der Waals surface area contributed by atoms with E-state index in [1.165, 1.54) is 0 Å². The maximum absolute atomic E-state index is 11.9. The van der Waals surface area contributed by atoms with E-state index in [4.69, 9.17) is 0 Å². The fraction of sp³-hybridized carbons (Fsp3) is 0.692. The van der Waals surface area contributed by atoms with Gasteiger partial charge >= 0.3 is 0 Å². The standard InChI is InChI=1S/C13H21N3OS/c1-13(2,3)8-11(17)15-10-4-6-16(9-10)12-14-5-7-18-12/h5,7,10H,4,6,8-9H2,1-3H3,(H,15,17). The molecule has 1 aliphatic heterocycles. The van der Waals surface area contributed by atoms with Crippen molar-refractivity contribution in [3.63, 3.8) is 0 Å². The van der Waals surface area contributed by atoms with Crippen molar-refractivity contribution in [1.82, 2.24) is 10.3 Å². The number of carbonyl (C=O) groups is 1. The Morgan fingerprint density at radius 1 is 1.61 bits per heavy atom. The molecule has 1 saturated heterocycles. The number of anilines is 1. The molecule has 2 heterocycles. The molecule has 1 atom stereocenters. The Labute approximate surface area is 112 Å². The van der Waals surface area contributed by atoms with Crippen LogP contribution in [0.4, 0.5) is 5.13 Å². The highest BCUT2D eigenvalue weighted by molar-refractivity contribution is 7.13. The summed E-state index contributed by atoms with van der Waals surface area (Å²) in [5.74, 6) is 0.161. The molecule has 1 aromatic heterocycles. The van der Waals surface area contributed by atoms with Crippen molar-refractivity contribution in [3.05, 3.63) is 11.6 Å². The Kier molecular flexibility index (Phi) is 3.90. The molecule has 5 heteroatoms. The first-order valence-electron chi connectivity index (χ1n) is 6.38. The summed E-state index contributed by atoms with van der Waals surface area (Å²) in [5.41, 5.74) is 0.0533. The third-order valence-corrected chi connectivity index (χ3v) is 3.77. The summed E-state index contributed by atoms with van der Waals surface area (Å²) in [6, 6.07) is 0.267. The highest BCUT2D eigenvalue weighted by Crippen LogP contribution is 2.23. The summed E-state index contributed by atoms with van der Waals surface area (Å²) >= 11 is 1.65. The lowest BCUT2D eigenvalue weighted by molar-refractivity contribution is -0.123. The largest absolute Gasteiger partial charge is 0.352 e. The smallest absolute Gasteiger partial charge is 0.220 e. The zero-order chi connectivity index (χ0) is 13.2. The SMILES string of the molecule is CC(C)(C)CC(=O)NC1CCN(c2nccs2)C1. The van der Waals surface area contributed by atoms with E-state index < -0.39 is 0 Å². The molecule has 0 spiro atoms. The molecule has 2 rings (SSSR count). The normalized spacial score (nSPS) is 20.2. The minimum atomic E-state index is 0.0533. The van der Waals surface area contributed by atoms with E-state index in [2.05, 4.69) is 36.0 Å². The van der Waals surface area contributed by atoms with Gasteiger partial charge < -0.3 is 10.2 Å². The van der Waals surface area contributed by atoms with Gasteiger partial charge in [-0.05, 0) is 11.8 Å². The Balaban J connectivity index is 1.81. The van der Waals surface area contributed by atoms with E-state index >= 15 is 0 Å². The van der Waals surface area contributed by atoms with Crippen LogP contribution in [0.1, 0.15) is 33.6 Å². The van der Waals surface area contributed by atoms with Gasteiger partial charge in [0, 0.05) is 37.1 Å². The van der Waals surface area contributed by atoms with E-state index in [9.17, 15) is 4.79 Å². The fourth-order valence-electron chi connectivity index (χ4n) is 2.18. The Bertz CT molecular complexity index is 397. The van der Waals surface area contributed by atoms with Gasteiger partial charge in [0.2, 0.25) is 5.91 Å². The summed E-state index contributed by atoms with van der Waals surface area (Å²) in [4.78, 5) is 18.4. The molecule has 1 unspecified atom stereocenters. The van der Waals surface area contributed by atoms with Gasteiger partial charge in [-0.1, -0.05) is 20.8 Å². The molecule has 1 N–H and O–H groups in total. The summed E-state index contributed by atoms with van der Waals surface area (Å²) in [6.45, 7) is 8.12. The Morgan fingerprint density at radius 2 is 2.39 bits per heavy atom. The highest BCUT2D eigenvalue weighted by Gasteiger charge is 2.26. The minimum absolute atomic E-state index is 0.0533. The van der Waals surface area contributed by atoms with Crippen molar-refractivity contribution in [2.24, 2.45) is 5.41 Å². The van der Waals surface area contributed by atoms with Gasteiger partial charge in [-0.15, -0.1) is 11.3 Å². The lowest BCUT2D eigenvalue weighted by Gasteiger charge is -2.20. The van der Waals surface area contributed by atoms with Gasteiger partial charge in [0.05, 0.1) is 0 Å². The van der Waals surface area contributed by atoms with E-state index in [0.717, 1.165) is 24.6 Å². The summed E-state index contributed by atoms with van der Waals surface area (Å²) in [7, 11) is 0. The molecule has 1 aliphatic rings. The Hall–Kier alpha value is -1.10. The second-order valence-electron chi connectivity index (χ2n) is 6.05. The van der Waals surface area contributed by atoms with Gasteiger partial charge in [-0.2, -0.15) is 0 Å². The average molecular weight is 267 g/mol. The van der Waals surface area contributed by atoms with Crippen LogP contribution < -0.4 is 10.2 Å². The van der Waals surface area contributed by atoms with E-state index in [-0.39, 0.29) is 17.4 Å². The molecule has 0 saturated carbocycles. The first kappa shape index (κ1) is 13.3. The van der Waals surface area contributed by atoms with E-state index in [1.807, 2.05) is 11.6 Å². The van der Waals surface area contributed by atoms with Crippen LogP contribution in [0, 0.1) is 5.41 Å².